The van der Waals surface area contributed by atoms with E-state index in [1.165, 1.54) is 21.6 Å². The first-order valence-electron chi connectivity index (χ1n) is 11.5. The van der Waals surface area contributed by atoms with Crippen LogP contribution in [-0.4, -0.2) is 27.9 Å². The Morgan fingerprint density at radius 3 is 2.72 bits per heavy atom. The van der Waals surface area contributed by atoms with Gasteiger partial charge in [-0.2, -0.15) is 5.26 Å². The number of hydrogen-bond donors (Lipinski definition) is 1. The largest absolute Gasteiger partial charge is 0.538 e. The van der Waals surface area contributed by atoms with Crippen molar-refractivity contribution in [3.63, 3.8) is 0 Å². The van der Waals surface area contributed by atoms with Crippen molar-refractivity contribution in [2.24, 2.45) is 0 Å². The lowest BCUT2D eigenvalue weighted by molar-refractivity contribution is -0.705. The zero-order chi connectivity index (χ0) is 25.1. The molecule has 1 N–H and O–H groups in total. The van der Waals surface area contributed by atoms with Gasteiger partial charge in [0, 0.05) is 36.6 Å². The third-order valence-electron chi connectivity index (χ3n) is 5.96. The molecule has 0 spiro atoms. The zero-order valence-corrected chi connectivity index (χ0v) is 21.1. The molecule has 2 aromatic heterocycles. The highest BCUT2D eigenvalue weighted by Gasteiger charge is 2.29. The van der Waals surface area contributed by atoms with E-state index in [-0.39, 0.29) is 10.9 Å². The number of thiophene rings is 1. The van der Waals surface area contributed by atoms with Crippen LogP contribution >= 0.6 is 23.1 Å². The van der Waals surface area contributed by atoms with Crippen LogP contribution in [0.3, 0.4) is 0 Å². The van der Waals surface area contributed by atoms with E-state index < -0.39 is 11.2 Å². The Morgan fingerprint density at radius 2 is 2.00 bits per heavy atom. The van der Waals surface area contributed by atoms with Gasteiger partial charge in [-0.15, -0.1) is 11.3 Å². The van der Waals surface area contributed by atoms with Crippen molar-refractivity contribution in [3.05, 3.63) is 82.2 Å². The Kier molecular flexibility index (Phi) is 7.04. The molecule has 1 aliphatic heterocycles. The van der Waals surface area contributed by atoms with Crippen molar-refractivity contribution in [3.8, 4) is 17.7 Å². The summed E-state index contributed by atoms with van der Waals surface area (Å²) < 4.78 is 6.24. The highest BCUT2D eigenvalue weighted by atomic mass is 32.2. The van der Waals surface area contributed by atoms with E-state index in [1.54, 1.807) is 19.1 Å². The molecule has 0 saturated heterocycles. The molecule has 4 aromatic rings. The summed E-state index contributed by atoms with van der Waals surface area (Å²) >= 11 is 2.53. The van der Waals surface area contributed by atoms with Crippen molar-refractivity contribution >= 4 is 34.0 Å². The first-order chi connectivity index (χ1) is 17.5. The van der Waals surface area contributed by atoms with Crippen molar-refractivity contribution in [1.29, 1.82) is 5.26 Å². The molecule has 1 atom stereocenters. The van der Waals surface area contributed by atoms with Crippen LogP contribution in [0.1, 0.15) is 28.5 Å². The number of nitriles is 1. The molecule has 0 radical (unpaired) electrons. The third kappa shape index (κ3) is 4.99. The van der Waals surface area contributed by atoms with Gasteiger partial charge in [0.15, 0.2) is 5.95 Å². The number of benzene rings is 2. The summed E-state index contributed by atoms with van der Waals surface area (Å²) in [4.78, 5) is 16.5. The van der Waals surface area contributed by atoms with Gasteiger partial charge in [-0.1, -0.05) is 48.5 Å². The first-order valence-corrected chi connectivity index (χ1v) is 13.2. The lowest BCUT2D eigenvalue weighted by atomic mass is 10.0. The summed E-state index contributed by atoms with van der Waals surface area (Å²) in [5.74, 6) is -0.900. The molecule has 8 nitrogen and oxygen atoms in total. The maximum Gasteiger partial charge on any atom is 0.298 e. The lowest BCUT2D eigenvalue weighted by Gasteiger charge is -2.26. The number of para-hydroxylation sites is 1. The van der Waals surface area contributed by atoms with Crippen LogP contribution < -0.4 is 15.1 Å². The quantitative estimate of drug-likeness (QED) is 0.294. The number of rotatable bonds is 7. The van der Waals surface area contributed by atoms with Crippen molar-refractivity contribution < 1.29 is 19.1 Å². The monoisotopic (exact) mass is 517 g/mol. The van der Waals surface area contributed by atoms with Crippen molar-refractivity contribution in [2.45, 2.75) is 36.7 Å². The summed E-state index contributed by atoms with van der Waals surface area (Å²) in [6, 6.07) is 21.7. The number of aromatic nitrogens is 2. The van der Waals surface area contributed by atoms with Gasteiger partial charge in [-0.3, -0.25) is 9.69 Å². The molecule has 36 heavy (non-hydrogen) atoms. The second-order valence-corrected chi connectivity index (χ2v) is 10.9. The third-order valence-corrected chi connectivity index (χ3v) is 8.23. The minimum Gasteiger partial charge on any atom is -0.538 e. The number of nitrogens with one attached hydrogen (secondary N) is 1. The van der Waals surface area contributed by atoms with Crippen LogP contribution in [0, 0.1) is 11.3 Å². The number of hydrogen-bond acceptors (Lipinski definition) is 8. The van der Waals surface area contributed by atoms with E-state index >= 15 is 0 Å². The average Bonchev–Trinajstić information content (AvgIpc) is 3.43. The number of fused-ring (bicyclic) bond motifs is 1. The Balaban J connectivity index is 1.29. The van der Waals surface area contributed by atoms with Gasteiger partial charge in [-0.25, -0.2) is 0 Å². The molecule has 0 fully saturated rings. The van der Waals surface area contributed by atoms with Crippen LogP contribution in [0.5, 0.6) is 5.95 Å². The predicted molar refractivity (Wildman–Crippen MR) is 135 cm³/mol. The summed E-state index contributed by atoms with van der Waals surface area (Å²) in [6.07, 6.45) is 0.763. The number of carbonyl (C=O) groups excluding carboxylic acids is 1. The molecule has 10 heteroatoms. The molecule has 0 aliphatic carbocycles. The van der Waals surface area contributed by atoms with E-state index in [0.717, 1.165) is 48.3 Å². The van der Waals surface area contributed by atoms with Crippen LogP contribution in [-0.2, 0) is 24.3 Å². The van der Waals surface area contributed by atoms with Crippen LogP contribution in [0.15, 0.2) is 70.2 Å². The molecule has 3 heterocycles. The molecular formula is C26H23N5O3S2. The van der Waals surface area contributed by atoms with Gasteiger partial charge in [0.2, 0.25) is 11.6 Å². The van der Waals surface area contributed by atoms with Gasteiger partial charge < -0.3 is 14.9 Å². The number of amides is 1. The van der Waals surface area contributed by atoms with Crippen LogP contribution in [0.4, 0.5) is 5.00 Å². The second kappa shape index (κ2) is 10.5. The van der Waals surface area contributed by atoms with Crippen LogP contribution in [0.25, 0.3) is 5.69 Å². The molecule has 1 unspecified atom stereocenters. The first kappa shape index (κ1) is 24.1. The van der Waals surface area contributed by atoms with Crippen molar-refractivity contribution in [2.75, 3.05) is 11.9 Å². The maximum atomic E-state index is 13.1. The van der Waals surface area contributed by atoms with E-state index in [2.05, 4.69) is 33.7 Å². The number of nitrogens with zero attached hydrogens (tertiary/aromatic N) is 4. The molecule has 2 aromatic carbocycles. The Morgan fingerprint density at radius 1 is 1.28 bits per heavy atom. The molecule has 0 bridgehead atoms. The number of anilines is 1. The number of thioether (sulfide) groups is 1. The molecule has 5 rings (SSSR count). The van der Waals surface area contributed by atoms with E-state index in [1.807, 2.05) is 36.4 Å². The van der Waals surface area contributed by atoms with Gasteiger partial charge in [0.05, 0.1) is 16.1 Å². The topological polar surface area (TPSA) is 109 Å². The molecule has 1 amide bonds. The fourth-order valence-electron chi connectivity index (χ4n) is 4.15. The smallest absolute Gasteiger partial charge is 0.298 e. The normalized spacial score (nSPS) is 14.1. The zero-order valence-electron chi connectivity index (χ0n) is 19.5. The number of carbonyl (C=O) groups is 1. The second-order valence-electron chi connectivity index (χ2n) is 8.43. The Labute approximate surface area is 216 Å². The summed E-state index contributed by atoms with van der Waals surface area (Å²) in [6.45, 7) is 4.14. The summed E-state index contributed by atoms with van der Waals surface area (Å²) in [7, 11) is 0. The minimum absolute atomic E-state index is 0.214. The summed E-state index contributed by atoms with van der Waals surface area (Å²) in [5, 5.41) is 29.0. The van der Waals surface area contributed by atoms with Gasteiger partial charge in [0.25, 0.3) is 5.03 Å². The van der Waals surface area contributed by atoms with Crippen LogP contribution in [0.2, 0.25) is 0 Å². The van der Waals surface area contributed by atoms with Gasteiger partial charge in [-0.05, 0) is 40.9 Å². The minimum atomic E-state index is -0.618. The maximum absolute atomic E-state index is 13.1. The average molecular weight is 518 g/mol. The van der Waals surface area contributed by atoms with Crippen molar-refractivity contribution in [1.82, 2.24) is 10.2 Å². The van der Waals surface area contributed by atoms with E-state index in [9.17, 15) is 15.2 Å². The fourth-order valence-corrected chi connectivity index (χ4v) is 6.26. The van der Waals surface area contributed by atoms with Gasteiger partial charge >= 0.3 is 0 Å². The molecule has 0 saturated carbocycles. The highest BCUT2D eigenvalue weighted by Crippen LogP contribution is 2.37. The molecule has 182 valence electrons. The Hall–Kier alpha value is -3.65. The predicted octanol–water partition coefficient (Wildman–Crippen LogP) is 3.64. The highest BCUT2D eigenvalue weighted by molar-refractivity contribution is 8.00. The van der Waals surface area contributed by atoms with Gasteiger partial charge in [0.1, 0.15) is 11.1 Å². The van der Waals surface area contributed by atoms with E-state index in [0.29, 0.717) is 16.3 Å². The van der Waals surface area contributed by atoms with E-state index in [4.69, 9.17) is 4.52 Å². The molecule has 1 aliphatic rings. The SMILES string of the molecule is CC(Sc1c([O-])on[n+]1-c1ccccc1)C(=O)Nc1sc2c(c1C#N)CCN(Cc1ccccc1)C2. The summed E-state index contributed by atoms with van der Waals surface area (Å²) in [5.41, 5.74) is 3.46. The fraction of sp³-hybridized carbons (Fsp3) is 0.231. The Bertz CT molecular complexity index is 1410. The standard InChI is InChI=1S/C26H23N5O3S2/c1-17(35-25-26(33)34-29-31(25)19-10-6-3-7-11-19)23(32)28-24-21(14-27)20-12-13-30(16-22(20)36-24)15-18-8-4-2-5-9-18/h2-11,17H,12-13,15-16H2,1H3,(H-,28,29,32,33). The molecular weight excluding hydrogens is 494 g/mol. The lowest BCUT2D eigenvalue weighted by Crippen LogP contribution is -2.36.